The summed E-state index contributed by atoms with van der Waals surface area (Å²) >= 11 is 1.40. The van der Waals surface area contributed by atoms with Gasteiger partial charge in [0.1, 0.15) is 5.52 Å². The first-order valence-electron chi connectivity index (χ1n) is 12.9. The van der Waals surface area contributed by atoms with Crippen LogP contribution in [0.3, 0.4) is 0 Å². The number of thiazole rings is 1. The van der Waals surface area contributed by atoms with E-state index in [9.17, 15) is 13.6 Å². The third-order valence-corrected chi connectivity index (χ3v) is 8.68. The monoisotopic (exact) mass is 516 g/mol. The van der Waals surface area contributed by atoms with Gasteiger partial charge in [-0.25, -0.2) is 13.8 Å². The zero-order valence-corrected chi connectivity index (χ0v) is 21.8. The first kappa shape index (κ1) is 25.3. The normalized spacial score (nSPS) is 21.0. The van der Waals surface area contributed by atoms with Gasteiger partial charge in [0.2, 0.25) is 0 Å². The zero-order valence-electron chi connectivity index (χ0n) is 21.0. The van der Waals surface area contributed by atoms with Crippen molar-refractivity contribution < 1.29 is 18.3 Å². The lowest BCUT2D eigenvalue weighted by Gasteiger charge is -2.31. The minimum atomic E-state index is -2.85. The summed E-state index contributed by atoms with van der Waals surface area (Å²) in [7, 11) is 0. The van der Waals surface area contributed by atoms with E-state index in [1.165, 1.54) is 24.2 Å². The third kappa shape index (κ3) is 5.94. The second-order valence-corrected chi connectivity index (χ2v) is 11.6. The van der Waals surface area contributed by atoms with E-state index in [0.29, 0.717) is 23.5 Å². The van der Waals surface area contributed by atoms with Crippen LogP contribution in [0.5, 0.6) is 5.19 Å². The van der Waals surface area contributed by atoms with Crippen LogP contribution in [0.1, 0.15) is 72.1 Å². The Balaban J connectivity index is 1.06. The molecule has 6 nitrogen and oxygen atoms in total. The summed E-state index contributed by atoms with van der Waals surface area (Å²) in [5.74, 6) is -1.51. The molecule has 36 heavy (non-hydrogen) atoms. The second kappa shape index (κ2) is 10.5. The Morgan fingerprint density at radius 3 is 2.81 bits per heavy atom. The number of carbonyl (C=O) groups excluding carboxylic acids is 1. The van der Waals surface area contributed by atoms with Crippen molar-refractivity contribution in [1.29, 1.82) is 0 Å². The summed E-state index contributed by atoms with van der Waals surface area (Å²) < 4.78 is 31.4. The molecule has 0 radical (unpaired) electrons. The number of benzene rings is 1. The second-order valence-electron chi connectivity index (χ2n) is 10.6. The van der Waals surface area contributed by atoms with Gasteiger partial charge in [-0.05, 0) is 57.1 Å². The Morgan fingerprint density at radius 1 is 1.25 bits per heavy atom. The first-order chi connectivity index (χ1) is 17.2. The number of ether oxygens (including phenoxy) is 1. The van der Waals surface area contributed by atoms with Gasteiger partial charge in [0.25, 0.3) is 11.1 Å². The molecular weight excluding hydrogens is 482 g/mol. The number of nitrogens with one attached hydrogen (secondary N) is 1. The number of nitrogens with zero attached hydrogens (tertiary/aromatic N) is 3. The van der Waals surface area contributed by atoms with Crippen molar-refractivity contribution >= 4 is 28.0 Å². The number of aryl methyl sites for hydroxylation is 1. The molecule has 5 rings (SSSR count). The van der Waals surface area contributed by atoms with Crippen LogP contribution in [0.2, 0.25) is 0 Å². The minimum Gasteiger partial charge on any atom is -0.464 e. The fourth-order valence-electron chi connectivity index (χ4n) is 5.52. The third-order valence-electron chi connectivity index (χ3n) is 7.61. The molecule has 1 fully saturated rings. The van der Waals surface area contributed by atoms with Gasteiger partial charge in [-0.2, -0.15) is 5.10 Å². The van der Waals surface area contributed by atoms with Crippen LogP contribution in [0.25, 0.3) is 10.9 Å². The van der Waals surface area contributed by atoms with Gasteiger partial charge >= 0.3 is 0 Å². The molecule has 1 aliphatic heterocycles. The molecule has 1 saturated carbocycles. The van der Waals surface area contributed by atoms with Crippen LogP contribution < -0.4 is 4.74 Å². The van der Waals surface area contributed by atoms with Crippen LogP contribution in [0.15, 0.2) is 18.2 Å². The molecule has 0 unspecified atom stereocenters. The summed E-state index contributed by atoms with van der Waals surface area (Å²) in [6, 6.07) is 5.85. The van der Waals surface area contributed by atoms with Gasteiger partial charge < -0.3 is 4.74 Å². The number of aromatic nitrogens is 3. The van der Waals surface area contributed by atoms with Gasteiger partial charge in [-0.15, -0.1) is 0 Å². The van der Waals surface area contributed by atoms with E-state index >= 15 is 0 Å². The molecular formula is C27H34F2N4O2S. The quantitative estimate of drug-likeness (QED) is 0.344. The maximum Gasteiger partial charge on any atom is 0.278 e. The molecule has 194 valence electrons. The van der Waals surface area contributed by atoms with Crippen molar-refractivity contribution in [2.45, 2.75) is 71.3 Å². The van der Waals surface area contributed by atoms with Crippen molar-refractivity contribution in [3.05, 3.63) is 40.0 Å². The highest BCUT2D eigenvalue weighted by atomic mass is 32.1. The highest BCUT2D eigenvalue weighted by Crippen LogP contribution is 2.35. The molecule has 3 aromatic rings. The lowest BCUT2D eigenvalue weighted by Crippen LogP contribution is -2.32. The number of carbonyl (C=O) groups is 1. The number of para-hydroxylation sites is 1. The highest BCUT2D eigenvalue weighted by Gasteiger charge is 2.27. The van der Waals surface area contributed by atoms with E-state index < -0.39 is 12.5 Å². The molecule has 1 N–H and O–H groups in total. The number of halogens is 2. The maximum atomic E-state index is 13.1. The van der Waals surface area contributed by atoms with Crippen molar-refractivity contribution in [3.8, 4) is 5.19 Å². The number of hydrogen-bond donors (Lipinski definition) is 1. The van der Waals surface area contributed by atoms with Crippen molar-refractivity contribution in [3.63, 3.8) is 0 Å². The Labute approximate surface area is 214 Å². The molecule has 9 heteroatoms. The molecule has 0 saturated heterocycles. The summed E-state index contributed by atoms with van der Waals surface area (Å²) in [5.41, 5.74) is 3.50. The van der Waals surface area contributed by atoms with E-state index in [2.05, 4.69) is 20.1 Å². The topological polar surface area (TPSA) is 71.1 Å². The molecule has 0 bridgehead atoms. The number of H-pyrrole nitrogens is 1. The Morgan fingerprint density at radius 2 is 2.03 bits per heavy atom. The standard InChI is InChI=1S/C27H34F2N4O2S/c1-17-20-4-3-5-21(25(20)32-31-17)23(34)14-19-8-6-18(7-9-19)10-12-33-13-11-24-22(15-33)30-26(36-24)35-16-27(2,28)29/h3-5,18-19H,6-16H2,1-2H3,(H,31,32). The minimum absolute atomic E-state index is 0.203. The highest BCUT2D eigenvalue weighted by molar-refractivity contribution is 7.13. The largest absolute Gasteiger partial charge is 0.464 e. The molecule has 1 aliphatic carbocycles. The lowest BCUT2D eigenvalue weighted by atomic mass is 9.78. The Kier molecular flexibility index (Phi) is 7.40. The summed E-state index contributed by atoms with van der Waals surface area (Å²) in [6.07, 6.45) is 7.19. The summed E-state index contributed by atoms with van der Waals surface area (Å²) in [5, 5.41) is 8.74. The number of ketones is 1. The predicted molar refractivity (Wildman–Crippen MR) is 137 cm³/mol. The average molecular weight is 517 g/mol. The summed E-state index contributed by atoms with van der Waals surface area (Å²) in [6.45, 7) is 4.97. The first-order valence-corrected chi connectivity index (χ1v) is 13.8. The van der Waals surface area contributed by atoms with Gasteiger partial charge in [-0.3, -0.25) is 14.8 Å². The van der Waals surface area contributed by atoms with E-state index in [1.807, 2.05) is 25.1 Å². The average Bonchev–Trinajstić information content (AvgIpc) is 3.44. The number of alkyl halides is 2. The Hall–Kier alpha value is -2.39. The van der Waals surface area contributed by atoms with E-state index in [-0.39, 0.29) is 5.78 Å². The molecule has 2 aliphatic rings. The van der Waals surface area contributed by atoms with Crippen molar-refractivity contribution in [1.82, 2.24) is 20.1 Å². The van der Waals surface area contributed by atoms with Crippen molar-refractivity contribution in [2.24, 2.45) is 11.8 Å². The molecule has 0 amide bonds. The van der Waals surface area contributed by atoms with Crippen LogP contribution in [0.4, 0.5) is 8.78 Å². The van der Waals surface area contributed by atoms with Crippen LogP contribution in [0, 0.1) is 18.8 Å². The van der Waals surface area contributed by atoms with Crippen LogP contribution >= 0.6 is 11.3 Å². The smallest absolute Gasteiger partial charge is 0.278 e. The van der Waals surface area contributed by atoms with Gasteiger partial charge in [0, 0.05) is 48.0 Å². The molecule has 3 heterocycles. The Bertz CT molecular complexity index is 1210. The van der Waals surface area contributed by atoms with Gasteiger partial charge in [0.05, 0.1) is 5.69 Å². The fourth-order valence-corrected chi connectivity index (χ4v) is 6.43. The van der Waals surface area contributed by atoms with Gasteiger partial charge in [-0.1, -0.05) is 36.3 Å². The predicted octanol–water partition coefficient (Wildman–Crippen LogP) is 6.19. The number of Topliss-reactive ketones (excluding diaryl/α,β-unsaturated/α-hetero) is 1. The van der Waals surface area contributed by atoms with Crippen LogP contribution in [-0.2, 0) is 13.0 Å². The fraction of sp³-hybridized carbons (Fsp3) is 0.593. The summed E-state index contributed by atoms with van der Waals surface area (Å²) in [4.78, 5) is 21.1. The van der Waals surface area contributed by atoms with E-state index in [1.54, 1.807) is 0 Å². The lowest BCUT2D eigenvalue weighted by molar-refractivity contribution is -0.0230. The number of aromatic amines is 1. The number of hydrogen-bond acceptors (Lipinski definition) is 6. The maximum absolute atomic E-state index is 13.1. The van der Waals surface area contributed by atoms with E-state index in [0.717, 1.165) is 85.0 Å². The van der Waals surface area contributed by atoms with Crippen molar-refractivity contribution in [2.75, 3.05) is 19.7 Å². The van der Waals surface area contributed by atoms with Gasteiger partial charge in [0.15, 0.2) is 12.4 Å². The van der Waals surface area contributed by atoms with Crippen LogP contribution in [-0.4, -0.2) is 51.5 Å². The van der Waals surface area contributed by atoms with E-state index in [4.69, 9.17) is 4.74 Å². The SMILES string of the molecule is Cc1[nH]nc2c(C(=O)CC3CCC(CCN4CCc5sc(OCC(C)(F)F)nc5C4)CC3)cccc12. The molecule has 0 atom stereocenters. The molecule has 1 aromatic carbocycles. The number of fused-ring (bicyclic) bond motifs is 2. The zero-order chi connectivity index (χ0) is 25.3. The molecule has 0 spiro atoms. The number of rotatable bonds is 9. The molecule has 2 aromatic heterocycles.